The summed E-state index contributed by atoms with van der Waals surface area (Å²) in [7, 11) is 0. The molecule has 7 unspecified atom stereocenters. The number of aliphatic hydroxyl groups is 6. The van der Waals surface area contributed by atoms with Gasteiger partial charge in [-0.05, 0) is 0 Å². The Morgan fingerprint density at radius 3 is 1.23 bits per heavy atom. The second-order valence-corrected chi connectivity index (χ2v) is 10.8. The van der Waals surface area contributed by atoms with Crippen LogP contribution in [0.4, 0.5) is 0 Å². The fourth-order valence-electron chi connectivity index (χ4n) is 4.73. The minimum Gasteiger partial charge on any atom is -0.394 e. The summed E-state index contributed by atoms with van der Waals surface area (Å²) in [6, 6.07) is -2.01. The van der Waals surface area contributed by atoms with Gasteiger partial charge in [-0.25, -0.2) is 0 Å². The maximum atomic E-state index is 11.4. The molecular weight excluding hydrogens is 634 g/mol. The summed E-state index contributed by atoms with van der Waals surface area (Å²) in [5.41, 5.74) is 0. The molecule has 2 amide bonds. The van der Waals surface area contributed by atoms with Crippen molar-refractivity contribution in [1.82, 2.24) is 16.0 Å². The molecule has 9 N–H and O–H groups in total. The van der Waals surface area contributed by atoms with Gasteiger partial charge in [0.1, 0.15) is 48.7 Å². The monoisotopic (exact) mass is 687 g/mol. The summed E-state index contributed by atoms with van der Waals surface area (Å²) in [6.07, 6.45) is -9.73. The quantitative estimate of drug-likeness (QED) is 0.0429. The first kappa shape index (κ1) is 41.5. The molecule has 0 radical (unpaired) electrons. The van der Waals surface area contributed by atoms with Crippen LogP contribution in [0.2, 0.25) is 0 Å². The Morgan fingerprint density at radius 1 is 0.553 bits per heavy atom. The highest BCUT2D eigenvalue weighted by molar-refractivity contribution is 5.73. The molecule has 0 saturated carbocycles. The van der Waals surface area contributed by atoms with E-state index in [1.807, 2.05) is 0 Å². The second-order valence-electron chi connectivity index (χ2n) is 10.8. The first-order valence-corrected chi connectivity index (χ1v) is 15.6. The van der Waals surface area contributed by atoms with E-state index >= 15 is 0 Å². The predicted octanol–water partition coefficient (Wildman–Crippen LogP) is -5.44. The molecule has 2 rings (SSSR count). The number of nitrogens with one attached hydrogen (secondary N) is 3. The van der Waals surface area contributed by atoms with Crippen molar-refractivity contribution >= 4 is 11.8 Å². The molecule has 0 aliphatic carbocycles. The number of carbonyl (C=O) groups is 2. The Morgan fingerprint density at radius 2 is 0.894 bits per heavy atom. The summed E-state index contributed by atoms with van der Waals surface area (Å²) in [4.78, 5) is 22.9. The molecule has 0 spiro atoms. The zero-order valence-electron chi connectivity index (χ0n) is 26.9. The lowest BCUT2D eigenvalue weighted by Gasteiger charge is -2.42. The Balaban J connectivity index is 1.40. The molecule has 2 heterocycles. The van der Waals surface area contributed by atoms with Crippen LogP contribution in [-0.2, 0) is 47.5 Å². The van der Waals surface area contributed by atoms with Gasteiger partial charge in [0, 0.05) is 26.9 Å². The van der Waals surface area contributed by atoms with Crippen LogP contribution in [0.5, 0.6) is 0 Å². The fourth-order valence-corrected chi connectivity index (χ4v) is 4.73. The topological polar surface area (TPSA) is 265 Å². The maximum Gasteiger partial charge on any atom is 0.217 e. The van der Waals surface area contributed by atoms with Crippen molar-refractivity contribution < 1.29 is 78.1 Å². The first-order chi connectivity index (χ1) is 22.6. The van der Waals surface area contributed by atoms with Gasteiger partial charge >= 0.3 is 0 Å². The summed E-state index contributed by atoms with van der Waals surface area (Å²) < 4.78 is 44.0. The van der Waals surface area contributed by atoms with Gasteiger partial charge in [-0.3, -0.25) is 9.59 Å². The molecule has 19 nitrogen and oxygen atoms in total. The van der Waals surface area contributed by atoms with E-state index in [1.54, 1.807) is 0 Å². The van der Waals surface area contributed by atoms with E-state index in [9.17, 15) is 40.2 Å². The Labute approximate surface area is 273 Å². The van der Waals surface area contributed by atoms with Crippen molar-refractivity contribution in [1.29, 1.82) is 0 Å². The van der Waals surface area contributed by atoms with Gasteiger partial charge in [-0.2, -0.15) is 0 Å². The second kappa shape index (κ2) is 23.7. The van der Waals surface area contributed by atoms with E-state index in [0.29, 0.717) is 52.7 Å². The Kier molecular flexibility index (Phi) is 20.9. The molecule has 2 aliphatic heterocycles. The van der Waals surface area contributed by atoms with Crippen molar-refractivity contribution in [2.24, 2.45) is 0 Å². The first-order valence-electron chi connectivity index (χ1n) is 15.6. The molecule has 0 aromatic heterocycles. The summed E-state index contributed by atoms with van der Waals surface area (Å²) in [6.45, 7) is 5.52. The zero-order chi connectivity index (χ0) is 34.6. The highest BCUT2D eigenvalue weighted by Crippen LogP contribution is 2.23. The molecular formula is C28H53N3O16. The molecule has 0 aromatic carbocycles. The lowest BCUT2D eigenvalue weighted by Crippen LogP contribution is -2.64. The van der Waals surface area contributed by atoms with Crippen LogP contribution in [0.15, 0.2) is 0 Å². The zero-order valence-corrected chi connectivity index (χ0v) is 26.9. The fraction of sp³-hybridized carbons (Fsp3) is 0.929. The van der Waals surface area contributed by atoms with Crippen molar-refractivity contribution in [2.75, 3.05) is 92.4 Å². The highest BCUT2D eigenvalue weighted by atomic mass is 16.7. The van der Waals surface area contributed by atoms with Gasteiger partial charge in [-0.15, -0.1) is 0 Å². The van der Waals surface area contributed by atoms with Crippen molar-refractivity contribution in [3.8, 4) is 0 Å². The maximum absolute atomic E-state index is 11.4. The van der Waals surface area contributed by atoms with E-state index in [1.165, 1.54) is 13.8 Å². The highest BCUT2D eigenvalue weighted by Gasteiger charge is 2.46. The van der Waals surface area contributed by atoms with Crippen molar-refractivity contribution in [3.63, 3.8) is 0 Å². The van der Waals surface area contributed by atoms with E-state index < -0.39 is 86.3 Å². The normalized spacial score (nSPS) is 31.1. The number of aliphatic hydroxyl groups excluding tert-OH is 6. The van der Waals surface area contributed by atoms with Crippen LogP contribution in [0.1, 0.15) is 13.8 Å². The van der Waals surface area contributed by atoms with Gasteiger partial charge in [-0.1, -0.05) is 0 Å². The van der Waals surface area contributed by atoms with E-state index in [4.69, 9.17) is 37.9 Å². The molecule has 19 heteroatoms. The van der Waals surface area contributed by atoms with Crippen LogP contribution in [0, 0.1) is 0 Å². The van der Waals surface area contributed by atoms with E-state index in [2.05, 4.69) is 16.0 Å². The van der Waals surface area contributed by atoms with Crippen LogP contribution in [0.25, 0.3) is 0 Å². The molecule has 276 valence electrons. The lowest BCUT2D eigenvalue weighted by molar-refractivity contribution is -0.272. The molecule has 0 bridgehead atoms. The molecule has 0 aromatic rings. The van der Waals surface area contributed by atoms with Gasteiger partial charge in [0.25, 0.3) is 0 Å². The van der Waals surface area contributed by atoms with Crippen LogP contribution in [0.3, 0.4) is 0 Å². The third-order valence-electron chi connectivity index (χ3n) is 7.11. The smallest absolute Gasteiger partial charge is 0.217 e. The number of amides is 2. The summed E-state index contributed by atoms with van der Waals surface area (Å²) in [5.74, 6) is -0.866. The third-order valence-corrected chi connectivity index (χ3v) is 7.11. The van der Waals surface area contributed by atoms with Crippen molar-refractivity contribution in [3.05, 3.63) is 0 Å². The minimum atomic E-state index is -1.38. The molecule has 2 aliphatic rings. The molecule has 2 fully saturated rings. The molecule has 2 saturated heterocycles. The number of ether oxygens (including phenoxy) is 8. The Hall–Kier alpha value is -1.66. The third kappa shape index (κ3) is 15.2. The number of carbonyl (C=O) groups excluding carboxylic acids is 2. The van der Waals surface area contributed by atoms with Gasteiger partial charge in [0.2, 0.25) is 11.8 Å². The van der Waals surface area contributed by atoms with E-state index in [0.717, 1.165) is 0 Å². The molecule has 10 atom stereocenters. The average Bonchev–Trinajstić information content (AvgIpc) is 3.04. The number of rotatable bonds is 24. The van der Waals surface area contributed by atoms with Crippen molar-refractivity contribution in [2.45, 2.75) is 75.1 Å². The van der Waals surface area contributed by atoms with Gasteiger partial charge in [0.05, 0.1) is 79.3 Å². The number of hydrogen-bond donors (Lipinski definition) is 9. The lowest BCUT2D eigenvalue weighted by atomic mass is 9.97. The van der Waals surface area contributed by atoms with Gasteiger partial charge in [0.15, 0.2) is 12.6 Å². The summed E-state index contributed by atoms with van der Waals surface area (Å²) in [5, 5.41) is 67.4. The SMILES string of the molecule is CC(=O)NC1C(OCCOCCOCCNCCOCCOCCO[C@@H]2OC(CO)[C@H](O)C(O)C2NC(C)=O)OC(CO)[C@H](O)C1O. The molecule has 47 heavy (non-hydrogen) atoms. The van der Waals surface area contributed by atoms with Crippen LogP contribution >= 0.6 is 0 Å². The van der Waals surface area contributed by atoms with Gasteiger partial charge < -0.3 is 84.5 Å². The largest absolute Gasteiger partial charge is 0.394 e. The minimum absolute atomic E-state index is 0.0838. The van der Waals surface area contributed by atoms with E-state index in [-0.39, 0.29) is 26.4 Å². The standard InChI is InChI=1S/C28H53N3O16/c1-17(34)30-21-25(38)23(36)19(15-32)46-27(21)44-13-11-42-9-7-40-5-3-29-4-6-41-8-10-43-12-14-45-28-22(31-18(2)35)26(39)24(37)20(16-33)47-28/h19-29,32-33,36-39H,3-16H2,1-2H3,(H,30,34)(H,31,35)/t19?,20?,21?,22?,23-,24-,25?,26?,27+,28?/m0/s1. The number of hydrogen-bond acceptors (Lipinski definition) is 17. The Bertz CT molecular complexity index is 797. The predicted molar refractivity (Wildman–Crippen MR) is 159 cm³/mol. The summed E-state index contributed by atoms with van der Waals surface area (Å²) >= 11 is 0. The van der Waals surface area contributed by atoms with Crippen LogP contribution < -0.4 is 16.0 Å². The van der Waals surface area contributed by atoms with Crippen LogP contribution in [-0.4, -0.2) is 196 Å². The average molecular weight is 688 g/mol.